The quantitative estimate of drug-likeness (QED) is 0.754. The Kier molecular flexibility index (Phi) is 4.83. The zero-order valence-corrected chi connectivity index (χ0v) is 14.8. The molecule has 1 aromatic carbocycles. The number of rotatable bonds is 5. The van der Waals surface area contributed by atoms with Gasteiger partial charge in [-0.2, -0.15) is 0 Å². The Bertz CT molecular complexity index is 961. The summed E-state index contributed by atoms with van der Waals surface area (Å²) in [6.07, 6.45) is 3.23. The van der Waals surface area contributed by atoms with E-state index in [1.807, 2.05) is 24.3 Å². The largest absolute Gasteiger partial charge is 0.479 e. The fraction of sp³-hybridized carbons (Fsp3) is 0.222. The molecule has 0 atom stereocenters. The topological polar surface area (TPSA) is 89.4 Å². The van der Waals surface area contributed by atoms with Gasteiger partial charge in [0, 0.05) is 31.9 Å². The molecule has 0 radical (unpaired) electrons. The molecule has 0 saturated heterocycles. The summed E-state index contributed by atoms with van der Waals surface area (Å²) >= 11 is 0. The van der Waals surface area contributed by atoms with E-state index in [0.717, 1.165) is 5.39 Å². The minimum atomic E-state index is -0.346. The van der Waals surface area contributed by atoms with E-state index in [1.54, 1.807) is 32.6 Å². The molecular formula is C18H19N5O3. The number of para-hydroxylation sites is 1. The molecule has 2 heterocycles. The van der Waals surface area contributed by atoms with Crippen LogP contribution in [-0.4, -0.2) is 52.2 Å². The molecule has 0 aliphatic carbocycles. The number of likely N-dealkylation sites (N-methyl/N-ethyl adjacent to an activating group) is 1. The Morgan fingerprint density at radius 1 is 1.27 bits per heavy atom. The van der Waals surface area contributed by atoms with Crippen LogP contribution in [0.3, 0.4) is 0 Å². The van der Waals surface area contributed by atoms with Gasteiger partial charge in [-0.3, -0.25) is 19.3 Å². The highest BCUT2D eigenvalue weighted by Gasteiger charge is 2.21. The van der Waals surface area contributed by atoms with Gasteiger partial charge in [0.05, 0.1) is 24.9 Å². The smallest absolute Gasteiger partial charge is 0.261 e. The van der Waals surface area contributed by atoms with Gasteiger partial charge in [0.2, 0.25) is 11.8 Å². The Hall–Kier alpha value is -3.42. The summed E-state index contributed by atoms with van der Waals surface area (Å²) in [5.41, 5.74) is 1.61. The first-order chi connectivity index (χ1) is 12.5. The van der Waals surface area contributed by atoms with Gasteiger partial charge in [0.15, 0.2) is 0 Å². The van der Waals surface area contributed by atoms with Crippen LogP contribution in [0.1, 0.15) is 10.4 Å². The number of aryl methyl sites for hydroxylation is 1. The van der Waals surface area contributed by atoms with E-state index in [1.165, 1.54) is 16.7 Å². The van der Waals surface area contributed by atoms with Gasteiger partial charge in [0.25, 0.3) is 5.91 Å². The van der Waals surface area contributed by atoms with Crippen molar-refractivity contribution in [3.05, 3.63) is 48.3 Å². The van der Waals surface area contributed by atoms with Crippen molar-refractivity contribution in [1.82, 2.24) is 19.7 Å². The van der Waals surface area contributed by atoms with E-state index in [2.05, 4.69) is 15.4 Å². The molecule has 0 saturated carbocycles. The minimum Gasteiger partial charge on any atom is -0.479 e. The first kappa shape index (κ1) is 17.4. The van der Waals surface area contributed by atoms with E-state index in [-0.39, 0.29) is 24.2 Å². The van der Waals surface area contributed by atoms with Gasteiger partial charge in [-0.25, -0.2) is 0 Å². The molecule has 0 aliphatic heterocycles. The number of aromatic nitrogens is 3. The van der Waals surface area contributed by atoms with E-state index in [4.69, 9.17) is 4.74 Å². The van der Waals surface area contributed by atoms with Crippen molar-refractivity contribution < 1.29 is 14.3 Å². The van der Waals surface area contributed by atoms with E-state index in [0.29, 0.717) is 16.8 Å². The number of nitrogens with one attached hydrogen (secondary N) is 1. The van der Waals surface area contributed by atoms with Gasteiger partial charge in [-0.1, -0.05) is 18.2 Å². The normalized spacial score (nSPS) is 10.6. The first-order valence-electron chi connectivity index (χ1n) is 7.96. The van der Waals surface area contributed by atoms with Crippen LogP contribution < -0.4 is 10.1 Å². The van der Waals surface area contributed by atoms with Crippen LogP contribution >= 0.6 is 0 Å². The third kappa shape index (κ3) is 3.49. The molecule has 8 heteroatoms. The van der Waals surface area contributed by atoms with Crippen LogP contribution in [0.15, 0.2) is 42.7 Å². The summed E-state index contributed by atoms with van der Waals surface area (Å²) < 4.78 is 6.59. The summed E-state index contributed by atoms with van der Waals surface area (Å²) in [5, 5.41) is 7.79. The Balaban J connectivity index is 1.72. The van der Waals surface area contributed by atoms with Crippen LogP contribution in [-0.2, 0) is 11.8 Å². The predicted molar refractivity (Wildman–Crippen MR) is 97.1 cm³/mol. The number of pyridine rings is 1. The van der Waals surface area contributed by atoms with E-state index < -0.39 is 0 Å². The molecular weight excluding hydrogens is 334 g/mol. The number of fused-ring (bicyclic) bond motifs is 1. The second-order valence-electron chi connectivity index (χ2n) is 5.82. The number of carbonyl (C=O) groups is 2. The van der Waals surface area contributed by atoms with Crippen LogP contribution in [0.2, 0.25) is 0 Å². The summed E-state index contributed by atoms with van der Waals surface area (Å²) in [5.74, 6) is -0.439. The molecule has 0 spiro atoms. The van der Waals surface area contributed by atoms with Crippen LogP contribution in [0.4, 0.5) is 5.69 Å². The summed E-state index contributed by atoms with van der Waals surface area (Å²) in [7, 11) is 4.69. The monoisotopic (exact) mass is 353 g/mol. The molecule has 0 unspecified atom stereocenters. The molecule has 0 bridgehead atoms. The van der Waals surface area contributed by atoms with Crippen molar-refractivity contribution in [1.29, 1.82) is 0 Å². The summed E-state index contributed by atoms with van der Waals surface area (Å²) in [4.78, 5) is 30.5. The maximum atomic E-state index is 12.5. The van der Waals surface area contributed by atoms with E-state index in [9.17, 15) is 9.59 Å². The highest BCUT2D eigenvalue weighted by molar-refractivity contribution is 6.03. The fourth-order valence-electron chi connectivity index (χ4n) is 2.65. The maximum Gasteiger partial charge on any atom is 0.261 e. The molecule has 1 N–H and O–H groups in total. The van der Waals surface area contributed by atoms with Crippen LogP contribution in [0.25, 0.3) is 10.9 Å². The zero-order chi connectivity index (χ0) is 18.7. The van der Waals surface area contributed by atoms with Crippen LogP contribution in [0, 0.1) is 0 Å². The third-order valence-corrected chi connectivity index (χ3v) is 3.85. The summed E-state index contributed by atoms with van der Waals surface area (Å²) in [6, 6.07) is 9.29. The minimum absolute atomic E-state index is 0.111. The average Bonchev–Trinajstić information content (AvgIpc) is 3.02. The highest BCUT2D eigenvalue weighted by atomic mass is 16.5. The molecule has 0 fully saturated rings. The lowest BCUT2D eigenvalue weighted by Crippen LogP contribution is -2.35. The molecule has 3 aromatic rings. The van der Waals surface area contributed by atoms with Crippen molar-refractivity contribution in [2.45, 2.75) is 0 Å². The lowest BCUT2D eigenvalue weighted by molar-refractivity contribution is -0.116. The van der Waals surface area contributed by atoms with E-state index >= 15 is 0 Å². The molecule has 134 valence electrons. The van der Waals surface area contributed by atoms with Crippen LogP contribution in [0.5, 0.6) is 5.88 Å². The lowest BCUT2D eigenvalue weighted by Gasteiger charge is -2.16. The van der Waals surface area contributed by atoms with Crippen molar-refractivity contribution in [2.75, 3.05) is 26.0 Å². The number of benzene rings is 1. The van der Waals surface area contributed by atoms with Gasteiger partial charge in [0.1, 0.15) is 5.56 Å². The maximum absolute atomic E-state index is 12.5. The molecule has 3 rings (SSSR count). The zero-order valence-electron chi connectivity index (χ0n) is 14.8. The van der Waals surface area contributed by atoms with Crippen molar-refractivity contribution in [2.24, 2.45) is 7.05 Å². The third-order valence-electron chi connectivity index (χ3n) is 3.85. The molecule has 26 heavy (non-hydrogen) atoms. The molecule has 2 amide bonds. The average molecular weight is 353 g/mol. The predicted octanol–water partition coefficient (Wildman–Crippen LogP) is 1.69. The second kappa shape index (κ2) is 7.22. The van der Waals surface area contributed by atoms with Gasteiger partial charge in [-0.15, -0.1) is 5.10 Å². The number of carbonyl (C=O) groups excluding carboxylic acids is 2. The van der Waals surface area contributed by atoms with Gasteiger partial charge >= 0.3 is 0 Å². The summed E-state index contributed by atoms with van der Waals surface area (Å²) in [6.45, 7) is -0.111. The van der Waals surface area contributed by atoms with Crippen molar-refractivity contribution in [3.8, 4) is 5.88 Å². The molecule has 2 aromatic heterocycles. The Morgan fingerprint density at radius 3 is 2.81 bits per heavy atom. The number of anilines is 1. The van der Waals surface area contributed by atoms with Gasteiger partial charge in [-0.05, 0) is 12.1 Å². The lowest BCUT2D eigenvalue weighted by atomic mass is 10.2. The Labute approximate surface area is 150 Å². The fourth-order valence-corrected chi connectivity index (χ4v) is 2.65. The number of hydrogen-bond donors (Lipinski definition) is 1. The van der Waals surface area contributed by atoms with Crippen molar-refractivity contribution >= 4 is 28.4 Å². The molecule has 8 nitrogen and oxygen atoms in total. The number of ether oxygens (including phenoxy) is 1. The highest BCUT2D eigenvalue weighted by Crippen LogP contribution is 2.21. The second-order valence-corrected chi connectivity index (χ2v) is 5.82. The van der Waals surface area contributed by atoms with Crippen molar-refractivity contribution in [3.63, 3.8) is 0 Å². The number of amides is 2. The first-order valence-corrected chi connectivity index (χ1v) is 7.96. The molecule has 0 aliphatic rings. The number of nitrogens with zero attached hydrogens (tertiary/aromatic N) is 4. The van der Waals surface area contributed by atoms with Gasteiger partial charge < -0.3 is 15.0 Å². The SMILES string of the molecule is COc1nn(C)cc1C(=O)N(C)CC(=O)Nc1cccc2cccnc12. The standard InChI is InChI=1S/C18H19N5O3/c1-22(18(25)13-10-23(2)21-17(13)26-3)11-15(24)20-14-8-4-6-12-7-5-9-19-16(12)14/h4-10H,11H2,1-3H3,(H,20,24). The number of hydrogen-bond acceptors (Lipinski definition) is 5. The number of methoxy groups -OCH3 is 1. The Morgan fingerprint density at radius 2 is 2.04 bits per heavy atom.